The molecule has 23 heavy (non-hydrogen) atoms. The maximum Gasteiger partial charge on any atom is 0.275 e. The second-order valence-corrected chi connectivity index (χ2v) is 7.09. The van der Waals surface area contributed by atoms with Gasteiger partial charge in [0.05, 0.1) is 12.2 Å². The Balaban J connectivity index is 1.51. The molecule has 7 nitrogen and oxygen atoms in total. The van der Waals surface area contributed by atoms with Crippen molar-refractivity contribution in [1.82, 2.24) is 19.5 Å². The first kappa shape index (κ1) is 16.4. The molecule has 0 radical (unpaired) electrons. The van der Waals surface area contributed by atoms with Crippen LogP contribution in [-0.2, 0) is 4.74 Å². The minimum Gasteiger partial charge on any atom is -0.373 e. The van der Waals surface area contributed by atoms with E-state index in [2.05, 4.69) is 34.1 Å². The van der Waals surface area contributed by atoms with Crippen LogP contribution in [0.25, 0.3) is 4.96 Å². The van der Waals surface area contributed by atoms with Gasteiger partial charge in [-0.05, 0) is 27.2 Å². The molecular formula is C15H23N5O2S. The second-order valence-electron chi connectivity index (χ2n) is 6.13. The third-order valence-electron chi connectivity index (χ3n) is 3.80. The molecule has 0 aromatic carbocycles. The molecule has 0 unspecified atom stereocenters. The lowest BCUT2D eigenvalue weighted by atomic mass is 10.2. The zero-order valence-corrected chi connectivity index (χ0v) is 14.6. The van der Waals surface area contributed by atoms with Gasteiger partial charge in [0.25, 0.3) is 5.56 Å². The molecule has 1 fully saturated rings. The summed E-state index contributed by atoms with van der Waals surface area (Å²) in [5.41, 5.74) is 0.592. The number of nitrogens with one attached hydrogen (secondary N) is 1. The van der Waals surface area contributed by atoms with Crippen LogP contribution in [-0.4, -0.2) is 57.9 Å². The van der Waals surface area contributed by atoms with Crippen molar-refractivity contribution < 1.29 is 4.74 Å². The molecule has 1 aliphatic rings. The van der Waals surface area contributed by atoms with E-state index in [9.17, 15) is 4.79 Å². The third kappa shape index (κ3) is 4.07. The summed E-state index contributed by atoms with van der Waals surface area (Å²) in [7, 11) is 0. The van der Waals surface area contributed by atoms with E-state index in [1.807, 2.05) is 6.92 Å². The quantitative estimate of drug-likeness (QED) is 0.831. The van der Waals surface area contributed by atoms with Gasteiger partial charge in [-0.1, -0.05) is 11.3 Å². The van der Waals surface area contributed by atoms with Crippen molar-refractivity contribution >= 4 is 21.4 Å². The van der Waals surface area contributed by atoms with Gasteiger partial charge in [0, 0.05) is 37.9 Å². The van der Waals surface area contributed by atoms with Crippen LogP contribution in [0.1, 0.15) is 26.0 Å². The number of hydrogen-bond acceptors (Lipinski definition) is 7. The van der Waals surface area contributed by atoms with Crippen LogP contribution in [0, 0.1) is 6.92 Å². The zero-order chi connectivity index (χ0) is 16.4. The Morgan fingerprint density at radius 3 is 2.87 bits per heavy atom. The molecule has 3 rings (SSSR count). The van der Waals surface area contributed by atoms with E-state index in [0.29, 0.717) is 17.2 Å². The molecule has 2 aromatic rings. The highest BCUT2D eigenvalue weighted by atomic mass is 32.1. The molecule has 1 N–H and O–H groups in total. The number of anilines is 1. The van der Waals surface area contributed by atoms with Crippen molar-refractivity contribution in [1.29, 1.82) is 0 Å². The van der Waals surface area contributed by atoms with Crippen LogP contribution in [0.15, 0.2) is 10.9 Å². The van der Waals surface area contributed by atoms with Crippen LogP contribution in [0.3, 0.4) is 0 Å². The van der Waals surface area contributed by atoms with Gasteiger partial charge in [-0.2, -0.15) is 4.52 Å². The number of nitrogens with zero attached hydrogens (tertiary/aromatic N) is 4. The lowest BCUT2D eigenvalue weighted by molar-refractivity contribution is -0.0678. The minimum atomic E-state index is -0.131. The van der Waals surface area contributed by atoms with Crippen molar-refractivity contribution in [2.75, 3.05) is 31.5 Å². The normalized spacial score (nSPS) is 22.6. The maximum absolute atomic E-state index is 11.8. The average molecular weight is 337 g/mol. The number of aryl methyl sites for hydroxylation is 1. The van der Waals surface area contributed by atoms with E-state index in [4.69, 9.17) is 4.74 Å². The molecule has 0 spiro atoms. The van der Waals surface area contributed by atoms with E-state index in [1.165, 1.54) is 21.9 Å². The van der Waals surface area contributed by atoms with Crippen molar-refractivity contribution in [2.24, 2.45) is 0 Å². The average Bonchev–Trinajstić information content (AvgIpc) is 2.86. The van der Waals surface area contributed by atoms with Crippen LogP contribution < -0.4 is 10.9 Å². The van der Waals surface area contributed by atoms with Crippen LogP contribution in [0.5, 0.6) is 0 Å². The molecule has 0 amide bonds. The standard InChI is InChI=1S/C15H23N5O2S/c1-10-7-13(21)20-15(17-10)23-14(18-20)16-5-4-6-19-8-11(2)22-12(3)9-19/h7,11-12H,4-6,8-9H2,1-3H3,(H,16,18)/t11-,12-/m1/s1. The number of fused-ring (bicyclic) bond motifs is 1. The van der Waals surface area contributed by atoms with Gasteiger partial charge in [-0.15, -0.1) is 5.10 Å². The summed E-state index contributed by atoms with van der Waals surface area (Å²) in [5.74, 6) is 0. The minimum absolute atomic E-state index is 0.131. The van der Waals surface area contributed by atoms with E-state index < -0.39 is 0 Å². The Kier molecular flexibility index (Phi) is 4.93. The largest absolute Gasteiger partial charge is 0.373 e. The summed E-state index contributed by atoms with van der Waals surface area (Å²) >= 11 is 1.41. The van der Waals surface area contributed by atoms with E-state index in [1.54, 1.807) is 0 Å². The highest BCUT2D eigenvalue weighted by molar-refractivity contribution is 7.20. The third-order valence-corrected chi connectivity index (χ3v) is 4.66. The fourth-order valence-corrected chi connectivity index (χ4v) is 3.83. The molecule has 126 valence electrons. The Morgan fingerprint density at radius 1 is 1.39 bits per heavy atom. The molecule has 0 aliphatic carbocycles. The van der Waals surface area contributed by atoms with Gasteiger partial charge in [0.1, 0.15) is 0 Å². The first-order valence-corrected chi connectivity index (χ1v) is 8.82. The van der Waals surface area contributed by atoms with Crippen molar-refractivity contribution in [3.8, 4) is 0 Å². The molecule has 1 aliphatic heterocycles. The summed E-state index contributed by atoms with van der Waals surface area (Å²) < 4.78 is 7.09. The summed E-state index contributed by atoms with van der Waals surface area (Å²) in [6.07, 6.45) is 1.63. The fourth-order valence-electron chi connectivity index (χ4n) is 2.96. The zero-order valence-electron chi connectivity index (χ0n) is 13.8. The molecule has 2 aromatic heterocycles. The van der Waals surface area contributed by atoms with Gasteiger partial charge in [0.2, 0.25) is 10.1 Å². The Morgan fingerprint density at radius 2 is 2.13 bits per heavy atom. The number of ether oxygens (including phenoxy) is 1. The number of rotatable bonds is 5. The van der Waals surface area contributed by atoms with Gasteiger partial charge in [0.15, 0.2) is 0 Å². The fraction of sp³-hybridized carbons (Fsp3) is 0.667. The Bertz CT molecular complexity index is 718. The molecule has 8 heteroatoms. The molecule has 3 heterocycles. The number of hydrogen-bond donors (Lipinski definition) is 1. The van der Waals surface area contributed by atoms with Gasteiger partial charge in [-0.3, -0.25) is 9.69 Å². The summed E-state index contributed by atoms with van der Waals surface area (Å²) in [6, 6.07) is 1.50. The van der Waals surface area contributed by atoms with Crippen LogP contribution >= 0.6 is 11.3 Å². The first-order valence-electron chi connectivity index (χ1n) is 8.00. The summed E-state index contributed by atoms with van der Waals surface area (Å²) in [5, 5.41) is 8.31. The van der Waals surface area contributed by atoms with Crippen molar-refractivity contribution in [3.63, 3.8) is 0 Å². The van der Waals surface area contributed by atoms with Crippen LogP contribution in [0.4, 0.5) is 5.13 Å². The van der Waals surface area contributed by atoms with E-state index >= 15 is 0 Å². The predicted molar refractivity (Wildman–Crippen MR) is 91.4 cm³/mol. The molecule has 0 saturated carbocycles. The maximum atomic E-state index is 11.8. The number of aromatic nitrogens is 3. The molecule has 1 saturated heterocycles. The Labute approximate surface area is 139 Å². The SMILES string of the molecule is Cc1cc(=O)n2nc(NCCCN3C[C@@H](C)O[C@H](C)C3)sc2n1. The van der Waals surface area contributed by atoms with E-state index in [-0.39, 0.29) is 5.56 Å². The smallest absolute Gasteiger partial charge is 0.275 e. The number of morpholine rings is 1. The molecular weight excluding hydrogens is 314 g/mol. The van der Waals surface area contributed by atoms with Crippen molar-refractivity contribution in [3.05, 3.63) is 22.1 Å². The van der Waals surface area contributed by atoms with Gasteiger partial charge in [-0.25, -0.2) is 4.98 Å². The highest BCUT2D eigenvalue weighted by Crippen LogP contribution is 2.16. The van der Waals surface area contributed by atoms with Crippen LogP contribution in [0.2, 0.25) is 0 Å². The second kappa shape index (κ2) is 6.94. The summed E-state index contributed by atoms with van der Waals surface area (Å²) in [4.78, 5) is 19.2. The monoisotopic (exact) mass is 337 g/mol. The predicted octanol–water partition coefficient (Wildman–Crippen LogP) is 1.37. The topological polar surface area (TPSA) is 71.8 Å². The Hall–Kier alpha value is -1.51. The first-order chi connectivity index (χ1) is 11.0. The molecule has 2 atom stereocenters. The highest BCUT2D eigenvalue weighted by Gasteiger charge is 2.21. The molecule has 0 bridgehead atoms. The lowest BCUT2D eigenvalue weighted by Gasteiger charge is -2.35. The van der Waals surface area contributed by atoms with Gasteiger partial charge < -0.3 is 10.1 Å². The van der Waals surface area contributed by atoms with Crippen molar-refractivity contribution in [2.45, 2.75) is 39.4 Å². The lowest BCUT2D eigenvalue weighted by Crippen LogP contribution is -2.45. The summed E-state index contributed by atoms with van der Waals surface area (Å²) in [6.45, 7) is 9.90. The van der Waals surface area contributed by atoms with Gasteiger partial charge >= 0.3 is 0 Å². The van der Waals surface area contributed by atoms with E-state index in [0.717, 1.165) is 43.4 Å².